The Morgan fingerprint density at radius 1 is 1.33 bits per heavy atom. The molecule has 0 aromatic rings. The summed E-state index contributed by atoms with van der Waals surface area (Å²) in [6.07, 6.45) is 2.21. The monoisotopic (exact) mass is 209 g/mol. The van der Waals surface area contributed by atoms with Gasteiger partial charge in [0.2, 0.25) is 11.8 Å². The highest BCUT2D eigenvalue weighted by Gasteiger charge is 2.13. The van der Waals surface area contributed by atoms with Gasteiger partial charge in [0.05, 0.1) is 0 Å². The first-order valence-electron chi connectivity index (χ1n) is 4.40. The van der Waals surface area contributed by atoms with Gasteiger partial charge in [-0.2, -0.15) is 0 Å². The second kappa shape index (κ2) is 8.06. The van der Waals surface area contributed by atoms with E-state index in [9.17, 15) is 0 Å². The molecule has 0 N–H and O–H groups in total. The molecule has 4 heteroatoms. The van der Waals surface area contributed by atoms with Crippen molar-refractivity contribution in [1.29, 1.82) is 0 Å². The second-order valence-corrected chi connectivity index (χ2v) is 4.96. The first kappa shape index (κ1) is 12.4. The van der Waals surface area contributed by atoms with Crippen LogP contribution in [0.3, 0.4) is 0 Å². The van der Waals surface area contributed by atoms with Crippen molar-refractivity contribution in [2.24, 2.45) is 5.92 Å². The van der Waals surface area contributed by atoms with Crippen LogP contribution in [0, 0.1) is 5.92 Å². The summed E-state index contributed by atoms with van der Waals surface area (Å²) in [4.78, 5) is 0. The maximum absolute atomic E-state index is 5.31. The van der Waals surface area contributed by atoms with E-state index in [1.54, 1.807) is 0 Å². The van der Waals surface area contributed by atoms with Crippen LogP contribution in [0.1, 0.15) is 33.6 Å². The zero-order chi connectivity index (χ0) is 9.40. The van der Waals surface area contributed by atoms with Crippen molar-refractivity contribution in [2.45, 2.75) is 33.6 Å². The molecule has 0 aromatic carbocycles. The van der Waals surface area contributed by atoms with Gasteiger partial charge in [0.15, 0.2) is 0 Å². The van der Waals surface area contributed by atoms with Gasteiger partial charge in [-0.1, -0.05) is 27.2 Å². The molecule has 0 radical (unpaired) electrons. The largest absolute Gasteiger partial charge is 0.521 e. The molecule has 72 valence electrons. The normalized spacial score (nSPS) is 12.2. The molecule has 12 heavy (non-hydrogen) atoms. The summed E-state index contributed by atoms with van der Waals surface area (Å²) in [5.41, 5.74) is 0. The van der Waals surface area contributed by atoms with E-state index in [4.69, 9.17) is 20.9 Å². The number of unbranched alkanes of at least 4 members (excludes halogenated alkanes) is 1. The lowest BCUT2D eigenvalue weighted by Crippen LogP contribution is -1.97. The lowest BCUT2D eigenvalue weighted by molar-refractivity contribution is 0.238. The van der Waals surface area contributed by atoms with Gasteiger partial charge in [-0.25, -0.2) is 0 Å². The number of rotatable bonds is 7. The summed E-state index contributed by atoms with van der Waals surface area (Å²) in [6, 6.07) is 0. The summed E-state index contributed by atoms with van der Waals surface area (Å²) in [5, 5.41) is 0. The molecule has 0 bridgehead atoms. The molecule has 0 aliphatic carbocycles. The zero-order valence-corrected chi connectivity index (χ0v) is 9.79. The van der Waals surface area contributed by atoms with E-state index in [0.717, 1.165) is 19.4 Å². The Hall–Kier alpha value is 0.440. The van der Waals surface area contributed by atoms with Gasteiger partial charge in [0, 0.05) is 0 Å². The Kier molecular flexibility index (Phi) is 8.35. The minimum absolute atomic E-state index is 0.535. The predicted molar refractivity (Wildman–Crippen MR) is 55.9 cm³/mol. The van der Waals surface area contributed by atoms with E-state index < -0.39 is 7.15 Å². The molecule has 0 fully saturated rings. The van der Waals surface area contributed by atoms with Gasteiger partial charge < -0.3 is 0 Å². The van der Waals surface area contributed by atoms with Crippen molar-refractivity contribution >= 4 is 19.0 Å². The minimum Gasteiger partial charge on any atom is -0.142 e. The van der Waals surface area contributed by atoms with Crippen LogP contribution in [0.25, 0.3) is 0 Å². The summed E-state index contributed by atoms with van der Waals surface area (Å²) >= 11 is 4.99. The van der Waals surface area contributed by atoms with E-state index >= 15 is 0 Å². The van der Waals surface area contributed by atoms with E-state index in [0.29, 0.717) is 12.5 Å². The second-order valence-electron chi connectivity index (χ2n) is 3.10. The highest BCUT2D eigenvalue weighted by Crippen LogP contribution is 2.25. The maximum atomic E-state index is 5.31. The van der Waals surface area contributed by atoms with Crippen LogP contribution in [-0.4, -0.2) is 13.2 Å². The number of hydrogen-bond donors (Lipinski definition) is 0. The quantitative estimate of drug-likeness (QED) is 0.473. The maximum Gasteiger partial charge on any atom is 0.521 e. The average Bonchev–Trinajstić information content (AvgIpc) is 2.01. The van der Waals surface area contributed by atoms with Crippen molar-refractivity contribution in [3.05, 3.63) is 0 Å². The molecule has 0 amide bonds. The highest BCUT2D eigenvalue weighted by molar-refractivity contribution is 8.00. The van der Waals surface area contributed by atoms with Crippen LogP contribution < -0.4 is 0 Å². The molecule has 0 spiro atoms. The third-order valence-corrected chi connectivity index (χ3v) is 2.59. The molecule has 1 atom stereocenters. The van der Waals surface area contributed by atoms with Crippen LogP contribution >= 0.6 is 7.15 Å². The Labute approximate surface area is 81.2 Å². The van der Waals surface area contributed by atoms with Gasteiger partial charge in [-0.05, 0) is 12.3 Å². The minimum atomic E-state index is -1.04. The molecule has 0 heterocycles. The van der Waals surface area contributed by atoms with Crippen LogP contribution in [0.2, 0.25) is 0 Å². The van der Waals surface area contributed by atoms with E-state index in [2.05, 4.69) is 20.8 Å². The van der Waals surface area contributed by atoms with E-state index in [1.807, 2.05) is 0 Å². The van der Waals surface area contributed by atoms with E-state index in [-0.39, 0.29) is 0 Å². The smallest absolute Gasteiger partial charge is 0.142 e. The standard InChI is InChI=1S/C8H18O2PS/c1-4-5-6-9-11(12)10-7-8(2)3/h8H,4-7H2,1-3H3/q+1. The third-order valence-electron chi connectivity index (χ3n) is 1.21. The SMILES string of the molecule is CCCCO[P+](=S)OCC(C)C. The molecule has 0 rings (SSSR count). The van der Waals surface area contributed by atoms with Crippen LogP contribution in [0.15, 0.2) is 0 Å². The summed E-state index contributed by atoms with van der Waals surface area (Å²) < 4.78 is 10.6. The Morgan fingerprint density at radius 3 is 2.50 bits per heavy atom. The van der Waals surface area contributed by atoms with Gasteiger partial charge in [0.25, 0.3) is 0 Å². The van der Waals surface area contributed by atoms with Gasteiger partial charge >= 0.3 is 7.15 Å². The van der Waals surface area contributed by atoms with Gasteiger partial charge in [-0.15, -0.1) is 9.05 Å². The molecule has 0 saturated heterocycles. The Bertz CT molecular complexity index is 128. The van der Waals surface area contributed by atoms with E-state index in [1.165, 1.54) is 0 Å². The van der Waals surface area contributed by atoms with Crippen LogP contribution in [0.5, 0.6) is 0 Å². The summed E-state index contributed by atoms with van der Waals surface area (Å²) in [5.74, 6) is 0.535. The first-order valence-corrected chi connectivity index (χ1v) is 6.59. The lowest BCUT2D eigenvalue weighted by atomic mass is 10.2. The van der Waals surface area contributed by atoms with Crippen molar-refractivity contribution < 1.29 is 9.05 Å². The summed E-state index contributed by atoms with van der Waals surface area (Å²) in [6.45, 7) is 7.78. The molecule has 0 aliphatic heterocycles. The summed E-state index contributed by atoms with van der Waals surface area (Å²) in [7, 11) is -1.04. The molecular weight excluding hydrogens is 191 g/mol. The molecule has 1 unspecified atom stereocenters. The topological polar surface area (TPSA) is 18.5 Å². The van der Waals surface area contributed by atoms with Crippen molar-refractivity contribution in [3.63, 3.8) is 0 Å². The van der Waals surface area contributed by atoms with Crippen molar-refractivity contribution in [1.82, 2.24) is 0 Å². The fraction of sp³-hybridized carbons (Fsp3) is 1.00. The van der Waals surface area contributed by atoms with Crippen LogP contribution in [0.4, 0.5) is 0 Å². The molecule has 2 nitrogen and oxygen atoms in total. The third kappa shape index (κ3) is 8.54. The predicted octanol–water partition coefficient (Wildman–Crippen LogP) is 3.25. The van der Waals surface area contributed by atoms with Crippen LogP contribution in [-0.2, 0) is 20.9 Å². The van der Waals surface area contributed by atoms with Crippen molar-refractivity contribution in [3.8, 4) is 0 Å². The molecule has 0 saturated carbocycles. The van der Waals surface area contributed by atoms with Gasteiger partial charge in [0.1, 0.15) is 13.2 Å². The molecule has 0 aromatic heterocycles. The molecular formula is C8H18O2PS+. The van der Waals surface area contributed by atoms with Crippen molar-refractivity contribution in [2.75, 3.05) is 13.2 Å². The average molecular weight is 209 g/mol. The fourth-order valence-corrected chi connectivity index (χ4v) is 1.71. The highest BCUT2D eigenvalue weighted by atomic mass is 32.4. The molecule has 0 aliphatic rings. The Balaban J connectivity index is 3.22. The number of hydrogen-bond acceptors (Lipinski definition) is 3. The fourth-order valence-electron chi connectivity index (χ4n) is 0.531. The van der Waals surface area contributed by atoms with Gasteiger partial charge in [-0.3, -0.25) is 0 Å². The zero-order valence-electron chi connectivity index (χ0n) is 8.08. The first-order chi connectivity index (χ1) is 5.66. The lowest BCUT2D eigenvalue weighted by Gasteiger charge is -1.96. The Morgan fingerprint density at radius 2 is 2.00 bits per heavy atom.